The monoisotopic (exact) mass is 1110 g/mol. The van der Waals surface area contributed by atoms with Crippen LogP contribution in [0.15, 0.2) is 53.8 Å². The van der Waals surface area contributed by atoms with E-state index >= 15 is 0 Å². The maximum Gasteiger partial charge on any atom is 0.329 e. The smallest absolute Gasteiger partial charge is 0.329 e. The van der Waals surface area contributed by atoms with Crippen molar-refractivity contribution in [2.24, 2.45) is 35.5 Å². The highest BCUT2D eigenvalue weighted by Crippen LogP contribution is 2.38. The molecule has 3 saturated heterocycles. The number of carbonyl (C=O) groups excluding carboxylic acids is 5. The normalized spacial score (nSPS) is 35.3. The zero-order chi connectivity index (χ0) is 57.4. The van der Waals surface area contributed by atoms with Gasteiger partial charge in [-0.1, -0.05) is 76.3 Å². The Balaban J connectivity index is 1.22. The van der Waals surface area contributed by atoms with E-state index in [0.29, 0.717) is 69.9 Å². The number of hydrogen-bond donors (Lipinski definition) is 2. The van der Waals surface area contributed by atoms with Gasteiger partial charge in [-0.2, -0.15) is 0 Å². The number of nitrogens with zero attached hydrogens (tertiary/aromatic N) is 5. The minimum atomic E-state index is -2.44. The van der Waals surface area contributed by atoms with Crippen LogP contribution in [0.5, 0.6) is 0 Å². The van der Waals surface area contributed by atoms with Gasteiger partial charge >= 0.3 is 5.97 Å². The summed E-state index contributed by atoms with van der Waals surface area (Å²) in [5.41, 5.74) is 1.93. The molecule has 5 aliphatic rings. The fraction of sp³-hybridized carbons (Fsp3) is 0.750. The molecule has 0 radical (unpaired) electrons. The maximum atomic E-state index is 14.7. The van der Waals surface area contributed by atoms with Crippen LogP contribution in [0.4, 0.5) is 0 Å². The number of cyclic esters (lactones) is 1. The van der Waals surface area contributed by atoms with E-state index in [1.807, 2.05) is 69.0 Å². The number of ketones is 3. The molecule has 19 heteroatoms. The lowest BCUT2D eigenvalue weighted by Crippen LogP contribution is -2.61. The number of rotatable bonds is 12. The number of Topliss-reactive ketones (excluding diaryl/α,β-unsaturated/α-hetero) is 3. The molecule has 1 amide bonds. The summed E-state index contributed by atoms with van der Waals surface area (Å²) >= 11 is 0. The molecule has 1 aromatic heterocycles. The zero-order valence-electron chi connectivity index (χ0n) is 48.8. The van der Waals surface area contributed by atoms with Crippen molar-refractivity contribution >= 4 is 29.2 Å². The van der Waals surface area contributed by atoms with Crippen LogP contribution in [-0.4, -0.2) is 180 Å². The number of morpholine rings is 1. The molecule has 2 bridgehead atoms. The van der Waals surface area contributed by atoms with E-state index in [0.717, 1.165) is 50.5 Å². The van der Waals surface area contributed by atoms with Crippen molar-refractivity contribution in [3.05, 3.63) is 59.5 Å². The van der Waals surface area contributed by atoms with Gasteiger partial charge in [0.1, 0.15) is 23.9 Å². The van der Waals surface area contributed by atoms with Gasteiger partial charge in [-0.05, 0) is 107 Å². The standard InChI is InChI=1S/C60H93N5O14/c1-38-16-12-11-13-17-39(2)51(73-8)34-47-21-19-44(7)60(72,79-47)57(69)58(70)65-23-15-14-18-48(65)59(71)78-52(35-49(66)40(3)31-43(6)55(68)56(75-10)54(67)42(5)30-38)41(4)32-45-20-22-50(53(33-45)74-9)77-37-46-36-64(62-61-46)25-24-63-26-28-76-29-27-63/h11-13,16-17,31,36,38,41-45,47-48,50-53,55-56,68,72H,14-15,18-30,32-35,37H2,1-10H3/b13-11?,16-12?,39-17?,40-31+/t38-,41-,42-,43?,44-,45+,47+,48+,50-,51+,52+,53-,55-,56+,60-/m1/s1. The number of aromatic nitrogens is 3. The quantitative estimate of drug-likeness (QED) is 0.172. The second kappa shape index (κ2) is 30.7. The molecule has 15 atom stereocenters. The highest BCUT2D eigenvalue weighted by atomic mass is 16.6. The molecule has 442 valence electrons. The first-order valence-corrected chi connectivity index (χ1v) is 29.1. The average molecular weight is 1110 g/mol. The molecule has 1 aliphatic carbocycles. The SMILES string of the molecule is CO[C@H]1C[C@@H]2CC[C@@H](C)[C@@](O)(O2)C(=O)C(=O)N2CCCC[C@H]2C(=O)O[C@H]([C@H](C)C[C@@H]2CC[C@@H](OCc3cn(CCN4CCOCC4)nn3)[C@H](OC)C2)CC(=O)/C(C)=C/C(C)[C@@H](O)[C@@H](OC)C(=O)[C@H](C)C[C@H](C)C=CC=CC=C1C. The molecule has 2 N–H and O–H groups in total. The summed E-state index contributed by atoms with van der Waals surface area (Å²) in [6.45, 7) is 18.0. The third kappa shape index (κ3) is 17.6. The largest absolute Gasteiger partial charge is 0.460 e. The molecule has 19 nitrogen and oxygen atoms in total. The molecule has 5 heterocycles. The maximum absolute atomic E-state index is 14.7. The van der Waals surface area contributed by atoms with Crippen molar-refractivity contribution in [2.75, 3.05) is 60.7 Å². The van der Waals surface area contributed by atoms with Crippen LogP contribution in [0.1, 0.15) is 131 Å². The number of ether oxygens (including phenoxy) is 7. The first-order valence-electron chi connectivity index (χ1n) is 29.1. The van der Waals surface area contributed by atoms with Crippen molar-refractivity contribution in [2.45, 2.75) is 193 Å². The van der Waals surface area contributed by atoms with Gasteiger partial charge in [-0.15, -0.1) is 5.10 Å². The van der Waals surface area contributed by atoms with E-state index < -0.39 is 77.8 Å². The Morgan fingerprint density at radius 2 is 1.61 bits per heavy atom. The molecule has 1 saturated carbocycles. The van der Waals surface area contributed by atoms with Gasteiger partial charge in [-0.3, -0.25) is 28.8 Å². The second-order valence-electron chi connectivity index (χ2n) is 23.3. The third-order valence-electron chi connectivity index (χ3n) is 17.2. The topological polar surface area (TPSA) is 228 Å². The predicted molar refractivity (Wildman–Crippen MR) is 295 cm³/mol. The van der Waals surface area contributed by atoms with Crippen LogP contribution in [0.3, 0.4) is 0 Å². The molecule has 4 aliphatic heterocycles. The molecule has 4 fully saturated rings. The Bertz CT molecular complexity index is 2290. The Labute approximate surface area is 468 Å². The summed E-state index contributed by atoms with van der Waals surface area (Å²) in [6, 6.07) is -1.16. The first-order chi connectivity index (χ1) is 37.8. The summed E-state index contributed by atoms with van der Waals surface area (Å²) in [7, 11) is 4.65. The van der Waals surface area contributed by atoms with E-state index in [-0.39, 0.29) is 67.5 Å². The second-order valence-corrected chi connectivity index (χ2v) is 23.3. The van der Waals surface area contributed by atoms with Crippen LogP contribution >= 0.6 is 0 Å². The fourth-order valence-corrected chi connectivity index (χ4v) is 12.1. The van der Waals surface area contributed by atoms with Gasteiger partial charge in [0.15, 0.2) is 11.6 Å². The van der Waals surface area contributed by atoms with Crippen molar-refractivity contribution in [3.8, 4) is 0 Å². The van der Waals surface area contributed by atoms with E-state index in [1.54, 1.807) is 41.1 Å². The minimum absolute atomic E-state index is 0.0135. The number of fused-ring (bicyclic) bond motifs is 3. The Kier molecular flexibility index (Phi) is 24.8. The Hall–Kier alpha value is -4.31. The van der Waals surface area contributed by atoms with Gasteiger partial charge in [-0.25, -0.2) is 4.79 Å². The fourth-order valence-electron chi connectivity index (χ4n) is 12.1. The lowest BCUT2D eigenvalue weighted by Gasteiger charge is -2.42. The van der Waals surface area contributed by atoms with E-state index in [1.165, 1.54) is 12.0 Å². The predicted octanol–water partition coefficient (Wildman–Crippen LogP) is 6.33. The number of methoxy groups -OCH3 is 3. The molecule has 1 aromatic rings. The van der Waals surface area contributed by atoms with Crippen LogP contribution in [-0.2, 0) is 70.3 Å². The lowest BCUT2D eigenvalue weighted by molar-refractivity contribution is -0.265. The highest BCUT2D eigenvalue weighted by Gasteiger charge is 2.53. The molecule has 1 unspecified atom stereocenters. The Morgan fingerprint density at radius 3 is 2.33 bits per heavy atom. The van der Waals surface area contributed by atoms with E-state index in [4.69, 9.17) is 33.2 Å². The molecule has 0 spiro atoms. The van der Waals surface area contributed by atoms with Crippen molar-refractivity contribution < 1.29 is 67.3 Å². The van der Waals surface area contributed by atoms with E-state index in [9.17, 15) is 34.2 Å². The van der Waals surface area contributed by atoms with Gasteiger partial charge in [0.05, 0.1) is 63.1 Å². The molecule has 0 aromatic carbocycles. The number of aliphatic hydroxyl groups is 2. The van der Waals surface area contributed by atoms with Gasteiger partial charge < -0.3 is 48.3 Å². The van der Waals surface area contributed by atoms with Crippen LogP contribution in [0.25, 0.3) is 0 Å². The third-order valence-corrected chi connectivity index (χ3v) is 17.2. The van der Waals surface area contributed by atoms with Crippen molar-refractivity contribution in [1.82, 2.24) is 24.8 Å². The highest BCUT2D eigenvalue weighted by molar-refractivity contribution is 6.39. The molecular weight excluding hydrogens is 1010 g/mol. The number of allylic oxidation sites excluding steroid dienone is 6. The number of hydrogen-bond acceptors (Lipinski definition) is 17. The zero-order valence-corrected chi connectivity index (χ0v) is 48.8. The van der Waals surface area contributed by atoms with E-state index in [2.05, 4.69) is 15.2 Å². The van der Waals surface area contributed by atoms with Crippen LogP contribution < -0.4 is 0 Å². The number of carbonyl (C=O) groups is 5. The van der Waals surface area contributed by atoms with Crippen molar-refractivity contribution in [1.29, 1.82) is 0 Å². The molecular formula is C60H93N5O14. The summed E-state index contributed by atoms with van der Waals surface area (Å²) in [5, 5.41) is 32.3. The molecule has 6 rings (SSSR count). The minimum Gasteiger partial charge on any atom is -0.460 e. The van der Waals surface area contributed by atoms with Gasteiger partial charge in [0.2, 0.25) is 5.79 Å². The van der Waals surface area contributed by atoms with Crippen LogP contribution in [0.2, 0.25) is 0 Å². The van der Waals surface area contributed by atoms with Gasteiger partial charge in [0.25, 0.3) is 11.7 Å². The first kappa shape index (κ1) is 63.9. The summed E-state index contributed by atoms with van der Waals surface area (Å²) in [5.74, 6) is -7.99. The summed E-state index contributed by atoms with van der Waals surface area (Å²) in [4.78, 5) is 75.3. The van der Waals surface area contributed by atoms with Crippen LogP contribution in [0, 0.1) is 35.5 Å². The number of aliphatic hydroxyl groups excluding tert-OH is 1. The average Bonchev–Trinajstić information content (AvgIpc) is 3.94. The molecule has 79 heavy (non-hydrogen) atoms. The van der Waals surface area contributed by atoms with Crippen molar-refractivity contribution in [3.63, 3.8) is 0 Å². The lowest BCUT2D eigenvalue weighted by atomic mass is 9.78. The number of esters is 1. The van der Waals surface area contributed by atoms with Gasteiger partial charge in [0, 0.05) is 78.1 Å². The number of piperidine rings is 1. The Morgan fingerprint density at radius 1 is 0.848 bits per heavy atom. The number of amides is 1. The summed E-state index contributed by atoms with van der Waals surface area (Å²) < 4.78 is 43.9. The summed E-state index contributed by atoms with van der Waals surface area (Å²) in [6.07, 6.45) is 13.9.